The fraction of sp³-hybridized carbons (Fsp3) is 0.529. The van der Waals surface area contributed by atoms with E-state index in [4.69, 9.17) is 0 Å². The third kappa shape index (κ3) is 7.14. The number of hydrogen-bond acceptors (Lipinski definition) is 2. The van der Waals surface area contributed by atoms with E-state index in [1.807, 2.05) is 39.1 Å². The van der Waals surface area contributed by atoms with E-state index >= 15 is 0 Å². The average molecular weight is 385 g/mol. The van der Waals surface area contributed by atoms with E-state index in [9.17, 15) is 9.59 Å². The number of benzene rings is 1. The van der Waals surface area contributed by atoms with Crippen molar-refractivity contribution >= 4 is 33.4 Å². The summed E-state index contributed by atoms with van der Waals surface area (Å²) in [4.78, 5) is 24.9. The number of halogens is 1. The van der Waals surface area contributed by atoms with Gasteiger partial charge < -0.3 is 15.5 Å². The first-order valence-corrected chi connectivity index (χ1v) is 8.65. The van der Waals surface area contributed by atoms with Crippen LogP contribution in [0.15, 0.2) is 22.7 Å². The van der Waals surface area contributed by atoms with Crippen LogP contribution in [0.25, 0.3) is 0 Å². The SMILES string of the molecule is Cc1cc(Br)ccc1NC(=O)C[NH+](C)CC(=O)N[C@@H](C)C(C)C. The fourth-order valence-electron chi connectivity index (χ4n) is 2.04. The number of likely N-dealkylation sites (N-methyl/N-ethyl adjacent to an activating group) is 1. The second-order valence-corrected chi connectivity index (χ2v) is 7.33. The summed E-state index contributed by atoms with van der Waals surface area (Å²) in [5.74, 6) is 0.261. The molecule has 5 nitrogen and oxygen atoms in total. The predicted octanol–water partition coefficient (Wildman–Crippen LogP) is 1.37. The second-order valence-electron chi connectivity index (χ2n) is 6.42. The first-order chi connectivity index (χ1) is 10.7. The normalized spacial score (nSPS) is 13.5. The predicted molar refractivity (Wildman–Crippen MR) is 96.6 cm³/mol. The first-order valence-electron chi connectivity index (χ1n) is 7.85. The summed E-state index contributed by atoms with van der Waals surface area (Å²) in [6, 6.07) is 5.84. The Labute approximate surface area is 146 Å². The molecule has 0 aliphatic carbocycles. The maximum atomic E-state index is 12.1. The van der Waals surface area contributed by atoms with Crippen LogP contribution in [0.5, 0.6) is 0 Å². The molecule has 0 saturated carbocycles. The third-order valence-electron chi connectivity index (χ3n) is 3.78. The van der Waals surface area contributed by atoms with E-state index in [-0.39, 0.29) is 30.9 Å². The van der Waals surface area contributed by atoms with E-state index in [2.05, 4.69) is 40.4 Å². The van der Waals surface area contributed by atoms with Crippen LogP contribution in [0.1, 0.15) is 26.3 Å². The van der Waals surface area contributed by atoms with Gasteiger partial charge in [-0.05, 0) is 43.5 Å². The Morgan fingerprint density at radius 3 is 2.35 bits per heavy atom. The molecule has 2 amide bonds. The molecule has 0 bridgehead atoms. The number of nitrogens with one attached hydrogen (secondary N) is 3. The molecule has 0 spiro atoms. The van der Waals surface area contributed by atoms with Crippen molar-refractivity contribution in [1.29, 1.82) is 0 Å². The molecule has 1 unspecified atom stereocenters. The molecule has 23 heavy (non-hydrogen) atoms. The molecule has 2 atom stereocenters. The van der Waals surface area contributed by atoms with Crippen LogP contribution in [0.4, 0.5) is 5.69 Å². The smallest absolute Gasteiger partial charge is 0.279 e. The zero-order chi connectivity index (χ0) is 17.6. The van der Waals surface area contributed by atoms with Gasteiger partial charge in [0.05, 0.1) is 7.05 Å². The van der Waals surface area contributed by atoms with Gasteiger partial charge in [-0.3, -0.25) is 9.59 Å². The Hall–Kier alpha value is -1.40. The van der Waals surface area contributed by atoms with Gasteiger partial charge in [0.2, 0.25) is 0 Å². The zero-order valence-electron chi connectivity index (χ0n) is 14.5. The van der Waals surface area contributed by atoms with Crippen molar-refractivity contribution in [3.63, 3.8) is 0 Å². The minimum Gasteiger partial charge on any atom is -0.348 e. The Morgan fingerprint density at radius 2 is 1.78 bits per heavy atom. The molecule has 6 heteroatoms. The summed E-state index contributed by atoms with van der Waals surface area (Å²) < 4.78 is 0.978. The van der Waals surface area contributed by atoms with Gasteiger partial charge in [-0.25, -0.2) is 0 Å². The molecule has 0 heterocycles. The largest absolute Gasteiger partial charge is 0.348 e. The summed E-state index contributed by atoms with van der Waals surface area (Å²) in [6.07, 6.45) is 0. The lowest BCUT2D eigenvalue weighted by Gasteiger charge is -2.19. The average Bonchev–Trinajstić information content (AvgIpc) is 2.41. The maximum Gasteiger partial charge on any atom is 0.279 e. The molecule has 1 aromatic rings. The van der Waals surface area contributed by atoms with Crippen molar-refractivity contribution in [1.82, 2.24) is 5.32 Å². The summed E-state index contributed by atoms with van der Waals surface area (Å²) in [5, 5.41) is 5.84. The molecule has 0 fully saturated rings. The number of anilines is 1. The lowest BCUT2D eigenvalue weighted by molar-refractivity contribution is -0.862. The number of amides is 2. The van der Waals surface area contributed by atoms with Crippen molar-refractivity contribution in [3.05, 3.63) is 28.2 Å². The van der Waals surface area contributed by atoms with Crippen LogP contribution in [0.3, 0.4) is 0 Å². The minimum absolute atomic E-state index is 0.0312. The van der Waals surface area contributed by atoms with Gasteiger partial charge >= 0.3 is 0 Å². The van der Waals surface area contributed by atoms with Crippen LogP contribution < -0.4 is 15.5 Å². The monoisotopic (exact) mass is 384 g/mol. The van der Waals surface area contributed by atoms with E-state index < -0.39 is 0 Å². The van der Waals surface area contributed by atoms with Crippen molar-refractivity contribution < 1.29 is 14.5 Å². The van der Waals surface area contributed by atoms with E-state index in [0.717, 1.165) is 20.6 Å². The van der Waals surface area contributed by atoms with Gasteiger partial charge in [-0.1, -0.05) is 29.8 Å². The van der Waals surface area contributed by atoms with Crippen molar-refractivity contribution in [2.24, 2.45) is 5.92 Å². The molecule has 1 aromatic carbocycles. The third-order valence-corrected chi connectivity index (χ3v) is 4.27. The highest BCUT2D eigenvalue weighted by Gasteiger charge is 2.17. The number of carbonyl (C=O) groups excluding carboxylic acids is 2. The summed E-state index contributed by atoms with van der Waals surface area (Å²) >= 11 is 3.40. The lowest BCUT2D eigenvalue weighted by Crippen LogP contribution is -3.11. The molecule has 3 N–H and O–H groups in total. The standard InChI is InChI=1S/C17H26BrN3O2/c1-11(2)13(4)19-16(22)9-21(5)10-17(23)20-15-7-6-14(18)8-12(15)3/h6-8,11,13H,9-10H2,1-5H3,(H,19,22)(H,20,23)/p+1/t13-/m0/s1. The minimum atomic E-state index is -0.0994. The molecule has 0 saturated heterocycles. The van der Waals surface area contributed by atoms with Gasteiger partial charge in [0.25, 0.3) is 11.8 Å². The van der Waals surface area contributed by atoms with Crippen LogP contribution in [0, 0.1) is 12.8 Å². The van der Waals surface area contributed by atoms with E-state index in [0.29, 0.717) is 5.92 Å². The topological polar surface area (TPSA) is 62.6 Å². The zero-order valence-corrected chi connectivity index (χ0v) is 16.1. The summed E-state index contributed by atoms with van der Waals surface area (Å²) in [5.41, 5.74) is 1.79. The number of carbonyl (C=O) groups is 2. The van der Waals surface area contributed by atoms with Gasteiger partial charge in [-0.2, -0.15) is 0 Å². The van der Waals surface area contributed by atoms with Gasteiger partial charge in [0, 0.05) is 16.2 Å². The molecule has 0 aliphatic heterocycles. The van der Waals surface area contributed by atoms with Crippen LogP contribution in [-0.4, -0.2) is 38.0 Å². The number of rotatable bonds is 7. The second kappa shape index (κ2) is 9.03. The lowest BCUT2D eigenvalue weighted by atomic mass is 10.1. The molecular formula is C17H27BrN3O2+. The first kappa shape index (κ1) is 19.6. The summed E-state index contributed by atoms with van der Waals surface area (Å²) in [6.45, 7) is 8.59. The highest BCUT2D eigenvalue weighted by atomic mass is 79.9. The van der Waals surface area contributed by atoms with Gasteiger partial charge in [0.15, 0.2) is 13.1 Å². The molecule has 128 valence electrons. The molecule has 0 radical (unpaired) electrons. The number of hydrogen-bond donors (Lipinski definition) is 3. The quantitative estimate of drug-likeness (QED) is 0.664. The number of aryl methyl sites for hydroxylation is 1. The number of quaternary nitrogens is 1. The van der Waals surface area contributed by atoms with Crippen LogP contribution >= 0.6 is 15.9 Å². The highest BCUT2D eigenvalue weighted by molar-refractivity contribution is 9.10. The molecule has 0 aliphatic rings. The Kier molecular flexibility index (Phi) is 7.72. The van der Waals surface area contributed by atoms with Crippen molar-refractivity contribution in [3.8, 4) is 0 Å². The Morgan fingerprint density at radius 1 is 1.17 bits per heavy atom. The molecule has 1 rings (SSSR count). The fourth-order valence-corrected chi connectivity index (χ4v) is 2.52. The van der Waals surface area contributed by atoms with Crippen LogP contribution in [0.2, 0.25) is 0 Å². The van der Waals surface area contributed by atoms with Gasteiger partial charge in [0.1, 0.15) is 0 Å². The molecule has 0 aromatic heterocycles. The Balaban J connectivity index is 2.46. The highest BCUT2D eigenvalue weighted by Crippen LogP contribution is 2.19. The van der Waals surface area contributed by atoms with Crippen molar-refractivity contribution in [2.75, 3.05) is 25.5 Å². The van der Waals surface area contributed by atoms with Gasteiger partial charge in [-0.15, -0.1) is 0 Å². The molecular weight excluding hydrogens is 358 g/mol. The Bertz CT molecular complexity index is 561. The van der Waals surface area contributed by atoms with E-state index in [1.54, 1.807) is 0 Å². The summed E-state index contributed by atoms with van der Waals surface area (Å²) in [7, 11) is 1.84. The van der Waals surface area contributed by atoms with Crippen LogP contribution in [-0.2, 0) is 9.59 Å². The van der Waals surface area contributed by atoms with E-state index in [1.165, 1.54) is 0 Å². The maximum absolute atomic E-state index is 12.1. The van der Waals surface area contributed by atoms with Crippen molar-refractivity contribution in [2.45, 2.75) is 33.7 Å².